The van der Waals surface area contributed by atoms with Crippen molar-refractivity contribution in [2.75, 3.05) is 6.54 Å². The van der Waals surface area contributed by atoms with Gasteiger partial charge in [-0.25, -0.2) is 4.68 Å². The second-order valence-electron chi connectivity index (χ2n) is 7.25. The van der Waals surface area contributed by atoms with Crippen LogP contribution in [0.5, 0.6) is 0 Å². The van der Waals surface area contributed by atoms with Crippen LogP contribution >= 0.6 is 0 Å². The fourth-order valence-electron chi connectivity index (χ4n) is 3.26. The van der Waals surface area contributed by atoms with E-state index in [4.69, 9.17) is 10.8 Å². The first-order valence-corrected chi connectivity index (χ1v) is 9.38. The van der Waals surface area contributed by atoms with Crippen LogP contribution in [-0.2, 0) is 0 Å². The number of nitrogens with zero attached hydrogens (tertiary/aromatic N) is 2. The SMILES string of the molecule is Cc1cccc(-c2nn(-c3ccccc3)cc2C(=O)NCC(N)C2CC2)c1. The molecule has 0 bridgehead atoms. The lowest BCUT2D eigenvalue weighted by atomic mass is 10.1. The quantitative estimate of drug-likeness (QED) is 0.708. The van der Waals surface area contributed by atoms with E-state index in [1.807, 2.05) is 61.5 Å². The monoisotopic (exact) mass is 360 g/mol. The van der Waals surface area contributed by atoms with E-state index in [1.165, 1.54) is 0 Å². The maximum Gasteiger partial charge on any atom is 0.255 e. The molecule has 1 heterocycles. The number of aromatic nitrogens is 2. The van der Waals surface area contributed by atoms with Crippen LogP contribution in [0.1, 0.15) is 28.8 Å². The number of amides is 1. The summed E-state index contributed by atoms with van der Waals surface area (Å²) < 4.78 is 1.76. The molecule has 0 saturated heterocycles. The lowest BCUT2D eigenvalue weighted by Crippen LogP contribution is -2.38. The van der Waals surface area contributed by atoms with Crippen LogP contribution < -0.4 is 11.1 Å². The fraction of sp³-hybridized carbons (Fsp3) is 0.273. The highest BCUT2D eigenvalue weighted by molar-refractivity contribution is 6.00. The minimum Gasteiger partial charge on any atom is -0.350 e. The third-order valence-corrected chi connectivity index (χ3v) is 5.00. The zero-order valence-electron chi connectivity index (χ0n) is 15.4. The Hall–Kier alpha value is -2.92. The maximum atomic E-state index is 12.9. The number of carbonyl (C=O) groups is 1. The van der Waals surface area contributed by atoms with E-state index in [2.05, 4.69) is 5.32 Å². The summed E-state index contributed by atoms with van der Waals surface area (Å²) in [5.74, 6) is 0.415. The zero-order valence-corrected chi connectivity index (χ0v) is 15.4. The highest BCUT2D eigenvalue weighted by atomic mass is 16.1. The Kier molecular flexibility index (Phi) is 4.77. The van der Waals surface area contributed by atoms with Gasteiger partial charge in [-0.1, -0.05) is 42.0 Å². The van der Waals surface area contributed by atoms with Gasteiger partial charge in [0.15, 0.2) is 0 Å². The number of hydrogen-bond donors (Lipinski definition) is 2. The molecule has 0 aliphatic heterocycles. The van der Waals surface area contributed by atoms with Crippen molar-refractivity contribution in [3.05, 3.63) is 71.9 Å². The Balaban J connectivity index is 1.67. The smallest absolute Gasteiger partial charge is 0.255 e. The van der Waals surface area contributed by atoms with Gasteiger partial charge in [0.2, 0.25) is 0 Å². The third kappa shape index (κ3) is 3.93. The molecule has 138 valence electrons. The minimum absolute atomic E-state index is 0.0283. The van der Waals surface area contributed by atoms with Crippen LogP contribution in [-0.4, -0.2) is 28.3 Å². The Labute approximate surface area is 159 Å². The molecule has 2 aromatic carbocycles. The van der Waals surface area contributed by atoms with Crippen LogP contribution in [0.25, 0.3) is 16.9 Å². The van der Waals surface area contributed by atoms with E-state index >= 15 is 0 Å². The van der Waals surface area contributed by atoms with Crippen molar-refractivity contribution in [3.8, 4) is 16.9 Å². The molecule has 1 fully saturated rings. The molecule has 1 aliphatic carbocycles. The molecule has 5 heteroatoms. The first kappa shape index (κ1) is 17.5. The number of para-hydroxylation sites is 1. The van der Waals surface area contributed by atoms with E-state index in [-0.39, 0.29) is 11.9 Å². The molecule has 3 N–H and O–H groups in total. The number of aryl methyl sites for hydroxylation is 1. The molecule has 1 unspecified atom stereocenters. The highest BCUT2D eigenvalue weighted by Crippen LogP contribution is 2.31. The van der Waals surface area contributed by atoms with Crippen molar-refractivity contribution < 1.29 is 4.79 Å². The van der Waals surface area contributed by atoms with Gasteiger partial charge >= 0.3 is 0 Å². The molecule has 1 atom stereocenters. The van der Waals surface area contributed by atoms with Gasteiger partial charge in [0.25, 0.3) is 5.91 Å². The summed E-state index contributed by atoms with van der Waals surface area (Å²) in [7, 11) is 0. The molecule has 4 rings (SSSR count). The summed E-state index contributed by atoms with van der Waals surface area (Å²) >= 11 is 0. The summed E-state index contributed by atoms with van der Waals surface area (Å²) in [6, 6.07) is 17.9. The van der Waals surface area contributed by atoms with E-state index < -0.39 is 0 Å². The molecule has 1 amide bonds. The Morgan fingerprint density at radius 1 is 1.22 bits per heavy atom. The number of nitrogens with one attached hydrogen (secondary N) is 1. The number of nitrogens with two attached hydrogens (primary N) is 1. The summed E-state index contributed by atoms with van der Waals surface area (Å²) in [4.78, 5) is 12.9. The summed E-state index contributed by atoms with van der Waals surface area (Å²) in [6.45, 7) is 2.53. The van der Waals surface area contributed by atoms with Gasteiger partial charge in [-0.3, -0.25) is 4.79 Å². The molecule has 1 aromatic heterocycles. The lowest BCUT2D eigenvalue weighted by molar-refractivity contribution is 0.0951. The molecule has 3 aromatic rings. The van der Waals surface area contributed by atoms with Gasteiger partial charge in [-0.15, -0.1) is 0 Å². The van der Waals surface area contributed by atoms with E-state index in [1.54, 1.807) is 10.9 Å². The van der Waals surface area contributed by atoms with Gasteiger partial charge < -0.3 is 11.1 Å². The van der Waals surface area contributed by atoms with Gasteiger partial charge in [0.05, 0.1) is 11.3 Å². The molecule has 1 saturated carbocycles. The minimum atomic E-state index is -0.134. The van der Waals surface area contributed by atoms with Gasteiger partial charge in [0, 0.05) is 24.3 Å². The van der Waals surface area contributed by atoms with Crippen LogP contribution in [0, 0.1) is 12.8 Å². The van der Waals surface area contributed by atoms with Crippen LogP contribution in [0.3, 0.4) is 0 Å². The van der Waals surface area contributed by atoms with Crippen molar-refractivity contribution in [1.29, 1.82) is 0 Å². The fourth-order valence-corrected chi connectivity index (χ4v) is 3.26. The van der Waals surface area contributed by atoms with Gasteiger partial charge in [-0.05, 0) is 43.9 Å². The van der Waals surface area contributed by atoms with E-state index in [0.29, 0.717) is 23.7 Å². The number of benzene rings is 2. The Bertz CT molecular complexity index is 944. The summed E-state index contributed by atoms with van der Waals surface area (Å²) in [5, 5.41) is 7.70. The topological polar surface area (TPSA) is 72.9 Å². The summed E-state index contributed by atoms with van der Waals surface area (Å²) in [5.41, 5.74) is 10.4. The number of rotatable bonds is 6. The predicted octanol–water partition coefficient (Wildman–Crippen LogP) is 3.31. The standard InChI is InChI=1S/C22H24N4O/c1-15-6-5-7-17(12-15)21-19(22(27)24-13-20(23)16-10-11-16)14-26(25-21)18-8-3-2-4-9-18/h2-9,12,14,16,20H,10-11,13,23H2,1H3,(H,24,27). The highest BCUT2D eigenvalue weighted by Gasteiger charge is 2.29. The Morgan fingerprint density at radius 3 is 2.70 bits per heavy atom. The number of hydrogen-bond acceptors (Lipinski definition) is 3. The van der Waals surface area contributed by atoms with E-state index in [0.717, 1.165) is 29.7 Å². The second-order valence-corrected chi connectivity index (χ2v) is 7.25. The average molecular weight is 360 g/mol. The molecule has 0 radical (unpaired) electrons. The maximum absolute atomic E-state index is 12.9. The van der Waals surface area contributed by atoms with Crippen molar-refractivity contribution in [2.24, 2.45) is 11.7 Å². The Morgan fingerprint density at radius 2 is 2.00 bits per heavy atom. The van der Waals surface area contributed by atoms with Crippen molar-refractivity contribution in [2.45, 2.75) is 25.8 Å². The molecule has 5 nitrogen and oxygen atoms in total. The summed E-state index contributed by atoms with van der Waals surface area (Å²) in [6.07, 6.45) is 4.13. The van der Waals surface area contributed by atoms with Gasteiger partial charge in [-0.2, -0.15) is 5.10 Å². The first-order valence-electron chi connectivity index (χ1n) is 9.38. The normalized spacial score (nSPS) is 14.7. The second kappa shape index (κ2) is 7.37. The van der Waals surface area contributed by atoms with Crippen LogP contribution in [0.15, 0.2) is 60.8 Å². The molecular formula is C22H24N4O. The number of carbonyl (C=O) groups excluding carboxylic acids is 1. The molecular weight excluding hydrogens is 336 g/mol. The van der Waals surface area contributed by atoms with Crippen molar-refractivity contribution in [3.63, 3.8) is 0 Å². The largest absolute Gasteiger partial charge is 0.350 e. The first-order chi connectivity index (χ1) is 13.1. The predicted molar refractivity (Wildman–Crippen MR) is 107 cm³/mol. The molecule has 0 spiro atoms. The van der Waals surface area contributed by atoms with Crippen molar-refractivity contribution in [1.82, 2.24) is 15.1 Å². The lowest BCUT2D eigenvalue weighted by Gasteiger charge is -2.11. The van der Waals surface area contributed by atoms with Gasteiger partial charge in [0.1, 0.15) is 5.69 Å². The average Bonchev–Trinajstić information content (AvgIpc) is 3.44. The molecule has 27 heavy (non-hydrogen) atoms. The van der Waals surface area contributed by atoms with Crippen LogP contribution in [0.2, 0.25) is 0 Å². The molecule has 1 aliphatic rings. The zero-order chi connectivity index (χ0) is 18.8. The third-order valence-electron chi connectivity index (χ3n) is 5.00. The van der Waals surface area contributed by atoms with Crippen LogP contribution in [0.4, 0.5) is 0 Å². The van der Waals surface area contributed by atoms with E-state index in [9.17, 15) is 4.79 Å². The van der Waals surface area contributed by atoms with Crippen molar-refractivity contribution >= 4 is 5.91 Å².